The predicted octanol–water partition coefficient (Wildman–Crippen LogP) is 6.48. The summed E-state index contributed by atoms with van der Waals surface area (Å²) in [6, 6.07) is 14.9. The van der Waals surface area contributed by atoms with Crippen LogP contribution in [0.3, 0.4) is 0 Å². The van der Waals surface area contributed by atoms with Gasteiger partial charge in [0.05, 0.1) is 4.83 Å². The van der Waals surface area contributed by atoms with Gasteiger partial charge in [0, 0.05) is 5.02 Å². The van der Waals surface area contributed by atoms with Crippen LogP contribution >= 0.6 is 27.5 Å². The highest BCUT2D eigenvalue weighted by Crippen LogP contribution is 2.34. The van der Waals surface area contributed by atoms with Crippen molar-refractivity contribution >= 4 is 27.5 Å². The first-order chi connectivity index (χ1) is 9.61. The fraction of sp³-hybridized carbons (Fsp3) is 0.333. The molecule has 106 valence electrons. The summed E-state index contributed by atoms with van der Waals surface area (Å²) in [5.74, 6) is 0. The molecule has 0 radical (unpaired) electrons. The molecule has 0 nitrogen and oxygen atoms in total. The van der Waals surface area contributed by atoms with E-state index in [1.54, 1.807) is 0 Å². The number of unbranched alkanes of at least 4 members (excludes halogenated alkanes) is 1. The molecule has 0 aliphatic heterocycles. The van der Waals surface area contributed by atoms with Gasteiger partial charge in [-0.25, -0.2) is 0 Å². The Balaban J connectivity index is 2.20. The van der Waals surface area contributed by atoms with Crippen LogP contribution in [0.5, 0.6) is 0 Å². The van der Waals surface area contributed by atoms with Gasteiger partial charge in [0.15, 0.2) is 0 Å². The Labute approximate surface area is 135 Å². The van der Waals surface area contributed by atoms with Gasteiger partial charge < -0.3 is 0 Å². The summed E-state index contributed by atoms with van der Waals surface area (Å²) in [5, 5.41) is 0.787. The summed E-state index contributed by atoms with van der Waals surface area (Å²) in [4.78, 5) is 0.196. The highest BCUT2D eigenvalue weighted by Gasteiger charge is 2.13. The van der Waals surface area contributed by atoms with E-state index in [1.807, 2.05) is 12.1 Å². The lowest BCUT2D eigenvalue weighted by molar-refractivity contribution is 0.795. The molecule has 0 fully saturated rings. The summed E-state index contributed by atoms with van der Waals surface area (Å²) in [5.41, 5.74) is 5.18. The molecular formula is C18H20BrCl. The fourth-order valence-electron chi connectivity index (χ4n) is 2.30. The van der Waals surface area contributed by atoms with E-state index < -0.39 is 0 Å². The number of aryl methyl sites for hydroxylation is 2. The van der Waals surface area contributed by atoms with Crippen LogP contribution in [0.1, 0.15) is 46.8 Å². The maximum Gasteiger partial charge on any atom is 0.0647 e. The molecule has 0 aliphatic rings. The van der Waals surface area contributed by atoms with Crippen molar-refractivity contribution in [1.29, 1.82) is 0 Å². The van der Waals surface area contributed by atoms with E-state index in [0.717, 1.165) is 5.02 Å². The van der Waals surface area contributed by atoms with Crippen LogP contribution in [0.15, 0.2) is 42.5 Å². The summed E-state index contributed by atoms with van der Waals surface area (Å²) >= 11 is 9.91. The molecule has 2 rings (SSSR count). The first-order valence-corrected chi connectivity index (χ1v) is 8.40. The minimum atomic E-state index is 0.196. The number of benzene rings is 2. The molecule has 0 bridgehead atoms. The molecule has 2 heteroatoms. The number of halogens is 2. The largest absolute Gasteiger partial charge is 0.0843 e. The molecule has 1 atom stereocenters. The van der Waals surface area contributed by atoms with E-state index in [0.29, 0.717) is 0 Å². The van der Waals surface area contributed by atoms with E-state index in [9.17, 15) is 0 Å². The molecule has 0 saturated heterocycles. The van der Waals surface area contributed by atoms with Crippen LogP contribution in [0.2, 0.25) is 5.02 Å². The normalized spacial score (nSPS) is 12.4. The molecule has 0 spiro atoms. The zero-order valence-corrected chi connectivity index (χ0v) is 14.3. The average molecular weight is 352 g/mol. The van der Waals surface area contributed by atoms with Gasteiger partial charge in [-0.15, -0.1) is 0 Å². The van der Waals surface area contributed by atoms with Gasteiger partial charge in [-0.1, -0.05) is 71.2 Å². The molecule has 0 heterocycles. The Hall–Kier alpha value is -0.790. The van der Waals surface area contributed by atoms with Crippen LogP contribution in [0.25, 0.3) is 0 Å². The van der Waals surface area contributed by atoms with E-state index in [1.165, 1.54) is 41.5 Å². The fourth-order valence-corrected chi connectivity index (χ4v) is 3.28. The van der Waals surface area contributed by atoms with Crippen molar-refractivity contribution in [1.82, 2.24) is 0 Å². The quantitative estimate of drug-likeness (QED) is 0.541. The second kappa shape index (κ2) is 7.28. The lowest BCUT2D eigenvalue weighted by atomic mass is 9.98. The Morgan fingerprint density at radius 1 is 1.10 bits per heavy atom. The molecular weight excluding hydrogens is 332 g/mol. The third-order valence-corrected chi connectivity index (χ3v) is 4.86. The highest BCUT2D eigenvalue weighted by atomic mass is 79.9. The highest BCUT2D eigenvalue weighted by molar-refractivity contribution is 9.09. The van der Waals surface area contributed by atoms with Gasteiger partial charge in [-0.3, -0.25) is 0 Å². The predicted molar refractivity (Wildman–Crippen MR) is 92.0 cm³/mol. The Morgan fingerprint density at radius 3 is 2.45 bits per heavy atom. The van der Waals surface area contributed by atoms with Crippen LogP contribution in [-0.4, -0.2) is 0 Å². The zero-order chi connectivity index (χ0) is 14.5. The molecule has 1 unspecified atom stereocenters. The van der Waals surface area contributed by atoms with Crippen molar-refractivity contribution in [2.45, 2.75) is 37.9 Å². The molecule has 20 heavy (non-hydrogen) atoms. The maximum absolute atomic E-state index is 6.11. The van der Waals surface area contributed by atoms with Gasteiger partial charge in [-0.2, -0.15) is 0 Å². The lowest BCUT2D eigenvalue weighted by Gasteiger charge is -2.14. The van der Waals surface area contributed by atoms with E-state index in [-0.39, 0.29) is 4.83 Å². The third kappa shape index (κ3) is 3.86. The first kappa shape index (κ1) is 15.6. The van der Waals surface area contributed by atoms with Gasteiger partial charge in [-0.05, 0) is 54.2 Å². The minimum absolute atomic E-state index is 0.196. The zero-order valence-electron chi connectivity index (χ0n) is 12.0. The molecule has 0 amide bonds. The lowest BCUT2D eigenvalue weighted by Crippen LogP contribution is -1.96. The van der Waals surface area contributed by atoms with Crippen LogP contribution < -0.4 is 0 Å². The third-order valence-electron chi connectivity index (χ3n) is 3.61. The van der Waals surface area contributed by atoms with E-state index in [4.69, 9.17) is 11.6 Å². The monoisotopic (exact) mass is 350 g/mol. The smallest absolute Gasteiger partial charge is 0.0647 e. The standard InChI is InChI=1S/C18H20BrCl/c1-3-4-5-14-7-9-15(10-8-14)18(19)17-12-16(20)11-6-13(17)2/h6-12,18H,3-5H2,1-2H3. The Kier molecular flexibility index (Phi) is 5.68. The second-order valence-corrected chi connectivity index (χ2v) is 6.56. The number of hydrogen-bond donors (Lipinski definition) is 0. The topological polar surface area (TPSA) is 0 Å². The molecule has 0 N–H and O–H groups in total. The average Bonchev–Trinajstić information content (AvgIpc) is 2.47. The molecule has 0 aliphatic carbocycles. The van der Waals surface area contributed by atoms with Crippen molar-refractivity contribution in [3.8, 4) is 0 Å². The van der Waals surface area contributed by atoms with Crippen LogP contribution in [0, 0.1) is 6.92 Å². The molecule has 2 aromatic carbocycles. The Morgan fingerprint density at radius 2 is 1.80 bits per heavy atom. The first-order valence-electron chi connectivity index (χ1n) is 7.10. The van der Waals surface area contributed by atoms with Gasteiger partial charge in [0.1, 0.15) is 0 Å². The number of hydrogen-bond acceptors (Lipinski definition) is 0. The Bertz CT molecular complexity index is 560. The van der Waals surface area contributed by atoms with Crippen molar-refractivity contribution in [2.24, 2.45) is 0 Å². The molecule has 0 saturated carbocycles. The van der Waals surface area contributed by atoms with Crippen molar-refractivity contribution in [3.63, 3.8) is 0 Å². The summed E-state index contributed by atoms with van der Waals surface area (Å²) in [6.07, 6.45) is 3.66. The van der Waals surface area contributed by atoms with Gasteiger partial charge >= 0.3 is 0 Å². The van der Waals surface area contributed by atoms with Crippen molar-refractivity contribution < 1.29 is 0 Å². The maximum atomic E-state index is 6.11. The van der Waals surface area contributed by atoms with Gasteiger partial charge in [0.2, 0.25) is 0 Å². The van der Waals surface area contributed by atoms with Crippen molar-refractivity contribution in [2.75, 3.05) is 0 Å². The minimum Gasteiger partial charge on any atom is -0.0843 e. The van der Waals surface area contributed by atoms with Crippen LogP contribution in [0.4, 0.5) is 0 Å². The number of alkyl halides is 1. The van der Waals surface area contributed by atoms with Crippen molar-refractivity contribution in [3.05, 3.63) is 69.7 Å². The number of rotatable bonds is 5. The van der Waals surface area contributed by atoms with Crippen LogP contribution in [-0.2, 0) is 6.42 Å². The van der Waals surface area contributed by atoms with E-state index in [2.05, 4.69) is 60.1 Å². The molecule has 0 aromatic heterocycles. The summed E-state index contributed by atoms with van der Waals surface area (Å²) in [6.45, 7) is 4.35. The van der Waals surface area contributed by atoms with Gasteiger partial charge in [0.25, 0.3) is 0 Å². The SMILES string of the molecule is CCCCc1ccc(C(Br)c2cc(Cl)ccc2C)cc1. The van der Waals surface area contributed by atoms with E-state index >= 15 is 0 Å². The molecule has 2 aromatic rings. The summed E-state index contributed by atoms with van der Waals surface area (Å²) < 4.78 is 0. The summed E-state index contributed by atoms with van der Waals surface area (Å²) in [7, 11) is 0. The second-order valence-electron chi connectivity index (χ2n) is 5.21.